The van der Waals surface area contributed by atoms with Crippen molar-refractivity contribution in [3.8, 4) is 0 Å². The summed E-state index contributed by atoms with van der Waals surface area (Å²) in [7, 11) is 1.62. The first-order valence-corrected chi connectivity index (χ1v) is 14.1. The van der Waals surface area contributed by atoms with Gasteiger partial charge in [-0.1, -0.05) is 48.5 Å². The lowest BCUT2D eigenvalue weighted by Crippen LogP contribution is -2.49. The van der Waals surface area contributed by atoms with E-state index in [1.165, 1.54) is 0 Å². The van der Waals surface area contributed by atoms with E-state index in [2.05, 4.69) is 26.3 Å². The van der Waals surface area contributed by atoms with Crippen LogP contribution in [0.1, 0.15) is 40.0 Å². The smallest absolute Gasteiger partial charge is 0.251 e. The number of nitrogens with one attached hydrogen (secondary N) is 4. The summed E-state index contributed by atoms with van der Waals surface area (Å²) < 4.78 is 0. The molecule has 1 aliphatic heterocycles. The van der Waals surface area contributed by atoms with Gasteiger partial charge in [0.25, 0.3) is 11.8 Å². The van der Waals surface area contributed by atoms with Crippen LogP contribution in [0.4, 0.5) is 0 Å². The molecule has 4 rings (SSSR count). The highest BCUT2D eigenvalue weighted by molar-refractivity contribution is 5.98. The van der Waals surface area contributed by atoms with E-state index in [1.54, 1.807) is 24.1 Å². The van der Waals surface area contributed by atoms with E-state index < -0.39 is 6.04 Å². The molecule has 10 nitrogen and oxygen atoms in total. The summed E-state index contributed by atoms with van der Waals surface area (Å²) in [4.78, 5) is 44.6. The second-order valence-electron chi connectivity index (χ2n) is 10.1. The molecule has 0 bridgehead atoms. The van der Waals surface area contributed by atoms with E-state index in [0.717, 1.165) is 10.8 Å². The predicted octanol–water partition coefficient (Wildman–Crippen LogP) is 1.87. The Morgan fingerprint density at radius 2 is 1.66 bits per heavy atom. The first-order chi connectivity index (χ1) is 19.9. The van der Waals surface area contributed by atoms with Crippen molar-refractivity contribution in [3.63, 3.8) is 0 Å². The summed E-state index contributed by atoms with van der Waals surface area (Å²) in [6, 6.07) is 22.1. The van der Waals surface area contributed by atoms with Gasteiger partial charge >= 0.3 is 0 Å². The van der Waals surface area contributed by atoms with Crippen molar-refractivity contribution >= 4 is 34.5 Å². The van der Waals surface area contributed by atoms with Gasteiger partial charge in [0.15, 0.2) is 5.96 Å². The zero-order valence-electron chi connectivity index (χ0n) is 23.4. The van der Waals surface area contributed by atoms with Gasteiger partial charge in [-0.3, -0.25) is 19.4 Å². The van der Waals surface area contributed by atoms with Crippen molar-refractivity contribution in [2.45, 2.75) is 31.3 Å². The van der Waals surface area contributed by atoms with E-state index in [1.807, 2.05) is 60.7 Å². The summed E-state index contributed by atoms with van der Waals surface area (Å²) in [5.74, 6) is 0.0245. The van der Waals surface area contributed by atoms with Crippen molar-refractivity contribution in [1.82, 2.24) is 26.2 Å². The third-order valence-corrected chi connectivity index (χ3v) is 7.23. The van der Waals surface area contributed by atoms with E-state index in [-0.39, 0.29) is 23.8 Å². The highest BCUT2D eigenvalue weighted by Gasteiger charge is 2.30. The van der Waals surface area contributed by atoms with Crippen LogP contribution in [0.2, 0.25) is 0 Å². The van der Waals surface area contributed by atoms with Crippen LogP contribution in [-0.4, -0.2) is 80.4 Å². The first kappa shape index (κ1) is 29.5. The fraction of sp³-hybridized carbons (Fsp3) is 0.355. The number of hydrogen-bond donors (Lipinski definition) is 5. The monoisotopic (exact) mass is 557 g/mol. The molecule has 0 spiro atoms. The van der Waals surface area contributed by atoms with Gasteiger partial charge < -0.3 is 31.9 Å². The third-order valence-electron chi connectivity index (χ3n) is 7.23. The van der Waals surface area contributed by atoms with Gasteiger partial charge in [0.2, 0.25) is 5.91 Å². The van der Waals surface area contributed by atoms with Crippen molar-refractivity contribution in [3.05, 3.63) is 83.9 Å². The number of nitrogens with two attached hydrogens (primary N) is 1. The molecule has 2 atom stereocenters. The molecule has 1 aliphatic rings. The van der Waals surface area contributed by atoms with E-state index in [0.29, 0.717) is 69.1 Å². The fourth-order valence-electron chi connectivity index (χ4n) is 4.92. The minimum atomic E-state index is -0.425. The van der Waals surface area contributed by atoms with E-state index >= 15 is 0 Å². The molecule has 0 aliphatic carbocycles. The molecule has 0 aromatic heterocycles. The molecule has 1 saturated heterocycles. The van der Waals surface area contributed by atoms with E-state index in [9.17, 15) is 14.4 Å². The number of guanidine groups is 1. The van der Waals surface area contributed by atoms with Gasteiger partial charge in [-0.25, -0.2) is 0 Å². The van der Waals surface area contributed by atoms with E-state index in [4.69, 9.17) is 5.73 Å². The van der Waals surface area contributed by atoms with Crippen LogP contribution in [0.5, 0.6) is 0 Å². The predicted molar refractivity (Wildman–Crippen MR) is 162 cm³/mol. The van der Waals surface area contributed by atoms with Crippen LogP contribution < -0.4 is 27.0 Å². The number of carbonyl (C=O) groups excluding carboxylic acids is 3. The maximum absolute atomic E-state index is 13.5. The highest BCUT2D eigenvalue weighted by Crippen LogP contribution is 2.16. The molecule has 10 heteroatoms. The molecule has 0 radical (unpaired) electrons. The summed E-state index contributed by atoms with van der Waals surface area (Å²) in [6.07, 6.45) is 1.96. The molecular weight excluding hydrogens is 518 g/mol. The number of hydrogen-bond acceptors (Lipinski definition) is 5. The summed E-state index contributed by atoms with van der Waals surface area (Å²) in [6.45, 7) is 2.25. The number of benzene rings is 3. The topological polar surface area (TPSA) is 141 Å². The molecular formula is C31H39N7O3. The Morgan fingerprint density at radius 3 is 2.44 bits per heavy atom. The minimum absolute atomic E-state index is 0.0144. The summed E-state index contributed by atoms with van der Waals surface area (Å²) >= 11 is 0. The second kappa shape index (κ2) is 14.8. The molecule has 1 heterocycles. The third kappa shape index (κ3) is 8.52. The van der Waals surface area contributed by atoms with Crippen molar-refractivity contribution in [2.75, 3.05) is 39.8 Å². The zero-order chi connectivity index (χ0) is 29.0. The molecule has 216 valence electrons. The lowest BCUT2D eigenvalue weighted by molar-refractivity contribution is -0.132. The van der Waals surface area contributed by atoms with Crippen LogP contribution in [0.3, 0.4) is 0 Å². The zero-order valence-corrected chi connectivity index (χ0v) is 23.4. The highest BCUT2D eigenvalue weighted by atomic mass is 16.2. The molecule has 6 N–H and O–H groups in total. The molecule has 3 aromatic carbocycles. The van der Waals surface area contributed by atoms with Crippen molar-refractivity contribution < 1.29 is 14.4 Å². The number of amides is 3. The Balaban J connectivity index is 1.35. The largest absolute Gasteiger partial charge is 0.370 e. The minimum Gasteiger partial charge on any atom is -0.370 e. The first-order valence-electron chi connectivity index (χ1n) is 14.1. The Kier molecular flexibility index (Phi) is 10.7. The maximum Gasteiger partial charge on any atom is 0.251 e. The van der Waals surface area contributed by atoms with Crippen LogP contribution in [0, 0.1) is 0 Å². The number of carbonyl (C=O) groups is 3. The number of nitrogens with zero attached hydrogens (tertiary/aromatic N) is 2. The number of rotatable bonds is 11. The lowest BCUT2D eigenvalue weighted by Gasteiger charge is -2.25. The number of aliphatic imine (C=N–C) groups is 1. The Morgan fingerprint density at radius 1 is 0.927 bits per heavy atom. The Labute approximate surface area is 240 Å². The number of fused-ring (bicyclic) bond motifs is 1. The fourth-order valence-corrected chi connectivity index (χ4v) is 4.92. The normalized spacial score (nSPS) is 17.6. The Bertz CT molecular complexity index is 1360. The second-order valence-corrected chi connectivity index (χ2v) is 10.1. The Hall–Kier alpha value is -4.44. The molecule has 0 saturated carbocycles. The van der Waals surface area contributed by atoms with Gasteiger partial charge in [-0.05, 0) is 54.3 Å². The van der Waals surface area contributed by atoms with Gasteiger partial charge in [-0.2, -0.15) is 0 Å². The SMILES string of the molecule is CN=C(N)NCCCC1NC(CNC(=O)c2ccc3ccccc3c2)CCN(CCNC(=O)c2ccccc2)C1=O. The van der Waals surface area contributed by atoms with Crippen LogP contribution in [0.25, 0.3) is 10.8 Å². The van der Waals surface area contributed by atoms with Gasteiger partial charge in [-0.15, -0.1) is 0 Å². The maximum atomic E-state index is 13.5. The molecule has 1 fully saturated rings. The van der Waals surface area contributed by atoms with Crippen molar-refractivity contribution in [2.24, 2.45) is 10.7 Å². The van der Waals surface area contributed by atoms with Crippen LogP contribution in [-0.2, 0) is 4.79 Å². The molecule has 41 heavy (non-hydrogen) atoms. The molecule has 3 amide bonds. The van der Waals surface area contributed by atoms with Crippen LogP contribution >= 0.6 is 0 Å². The van der Waals surface area contributed by atoms with Gasteiger partial charge in [0.05, 0.1) is 6.04 Å². The van der Waals surface area contributed by atoms with Gasteiger partial charge in [0.1, 0.15) is 0 Å². The van der Waals surface area contributed by atoms with Crippen LogP contribution in [0.15, 0.2) is 77.8 Å². The summed E-state index contributed by atoms with van der Waals surface area (Å²) in [5.41, 5.74) is 6.91. The average Bonchev–Trinajstić information content (AvgIpc) is 3.16. The molecule has 2 unspecified atom stereocenters. The molecule has 3 aromatic rings. The lowest BCUT2D eigenvalue weighted by atomic mass is 10.1. The summed E-state index contributed by atoms with van der Waals surface area (Å²) in [5, 5.41) is 14.5. The average molecular weight is 558 g/mol. The van der Waals surface area contributed by atoms with Crippen molar-refractivity contribution in [1.29, 1.82) is 0 Å². The standard InChI is InChI=1S/C31H39N7O3/c1-33-31(32)35-16-7-12-27-30(41)38(19-17-34-28(39)23-9-3-2-4-10-23)18-15-26(37-27)21-36-29(40)25-14-13-22-8-5-6-11-24(22)20-25/h2-6,8-11,13-14,20,26-27,37H,7,12,15-19,21H2,1H3,(H,34,39)(H,36,40)(H3,32,33,35). The van der Waals surface area contributed by atoms with Gasteiger partial charge in [0, 0.05) is 56.9 Å². The quantitative estimate of drug-likeness (QED) is 0.139.